The second kappa shape index (κ2) is 29.6. The van der Waals surface area contributed by atoms with Gasteiger partial charge in [-0.3, -0.25) is 14.5 Å². The summed E-state index contributed by atoms with van der Waals surface area (Å²) in [5.74, 6) is 4.22. The maximum absolute atomic E-state index is 13.0. The molecule has 1 aliphatic heterocycles. The van der Waals surface area contributed by atoms with E-state index in [0.29, 0.717) is 94.3 Å². The molecule has 9 aromatic rings. The van der Waals surface area contributed by atoms with Crippen LogP contribution in [0.15, 0.2) is 113 Å². The van der Waals surface area contributed by atoms with Crippen molar-refractivity contribution in [2.45, 2.75) is 154 Å². The molecule has 0 radical (unpaired) electrons. The number of aromatic hydroxyl groups is 3. The summed E-state index contributed by atoms with van der Waals surface area (Å²) in [5, 5.41) is 61.1. The van der Waals surface area contributed by atoms with Crippen molar-refractivity contribution in [3.8, 4) is 51.6 Å². The number of carbonyl (C=O) groups excluding carboxylic acids is 2. The van der Waals surface area contributed by atoms with E-state index in [1.54, 1.807) is 47.8 Å². The van der Waals surface area contributed by atoms with Gasteiger partial charge in [0.15, 0.2) is 0 Å². The Bertz CT molecular complexity index is 4230. The molecule has 2 amide bonds. The number of benzene rings is 6. The van der Waals surface area contributed by atoms with Gasteiger partial charge in [0, 0.05) is 74.3 Å². The van der Waals surface area contributed by atoms with Crippen molar-refractivity contribution in [2.24, 2.45) is 29.4 Å². The second-order valence-electron chi connectivity index (χ2n) is 27.6. The third kappa shape index (κ3) is 16.0. The SMILES string of the molecule is CCCCOc1cc(-n2nc3ccc(Cl)cc3n2)c(O)c(C(C)(C)C)c1.CCCCOc1cc(-n2nc3ccc(SCCN)cc3n2)c(O)c(C(C)(C)C)c1.CCCCOc1cc(-n2nc3ccc(SCCN4C(=O)C5C6C=CC(C6)C5C4=O)cc3n2)c(O)c(C(C)(C)C)c1. The van der Waals surface area contributed by atoms with E-state index in [9.17, 15) is 24.9 Å². The molecule has 1 saturated heterocycles. The number of amides is 2. The lowest BCUT2D eigenvalue weighted by Crippen LogP contribution is -2.34. The van der Waals surface area contributed by atoms with Crippen molar-refractivity contribution < 1.29 is 39.1 Å². The average Bonchev–Trinajstić information content (AvgIpc) is 1.58. The van der Waals surface area contributed by atoms with E-state index < -0.39 is 0 Å². The molecule has 6 aromatic carbocycles. The highest BCUT2D eigenvalue weighted by atomic mass is 35.5. The number of aromatic nitrogens is 9. The van der Waals surface area contributed by atoms with Gasteiger partial charge in [0.2, 0.25) is 11.8 Å². The van der Waals surface area contributed by atoms with E-state index in [1.807, 2.05) is 66.7 Å². The quantitative estimate of drug-likeness (QED) is 0.0213. The predicted molar refractivity (Wildman–Crippen MR) is 379 cm³/mol. The lowest BCUT2D eigenvalue weighted by molar-refractivity contribution is -0.140. The molecule has 504 valence electrons. The van der Waals surface area contributed by atoms with Gasteiger partial charge in [0.1, 0.15) is 84.7 Å². The molecule has 5 N–H and O–H groups in total. The van der Waals surface area contributed by atoms with E-state index in [4.69, 9.17) is 31.5 Å². The van der Waals surface area contributed by atoms with Crippen LogP contribution < -0.4 is 19.9 Å². The number of phenols is 3. The number of phenolic OH excluding ortho intramolecular Hbond substituents is 3. The summed E-state index contributed by atoms with van der Waals surface area (Å²) in [6, 6.07) is 28.2. The number of imide groups is 1. The monoisotopic (exact) mass is 1350 g/mol. The number of carbonyl (C=O) groups is 2. The van der Waals surface area contributed by atoms with Gasteiger partial charge in [0.25, 0.3) is 0 Å². The number of rotatable bonds is 22. The van der Waals surface area contributed by atoms with Crippen LogP contribution in [0.4, 0.5) is 0 Å². The largest absolute Gasteiger partial charge is 0.505 e. The molecule has 12 rings (SSSR count). The molecular weight excluding hydrogens is 1260 g/mol. The molecule has 2 fully saturated rings. The maximum Gasteiger partial charge on any atom is 0.233 e. The van der Waals surface area contributed by atoms with E-state index in [1.165, 1.54) is 19.3 Å². The van der Waals surface area contributed by atoms with Crippen molar-refractivity contribution in [2.75, 3.05) is 44.4 Å². The van der Waals surface area contributed by atoms with Crippen LogP contribution in [0.3, 0.4) is 0 Å². The minimum Gasteiger partial charge on any atom is -0.505 e. The Morgan fingerprint density at radius 3 is 1.20 bits per heavy atom. The number of unbranched alkanes of at least 4 members (excludes halogenated alkanes) is 3. The number of allylic oxidation sites excluding steroid dienone is 2. The molecular formula is C73H90ClN11O8S2. The fourth-order valence-electron chi connectivity index (χ4n) is 12.0. The molecule has 3 aliphatic rings. The minimum atomic E-state index is -0.299. The van der Waals surface area contributed by atoms with Crippen molar-refractivity contribution in [3.63, 3.8) is 0 Å². The molecule has 2 bridgehead atoms. The van der Waals surface area contributed by atoms with Gasteiger partial charge in [-0.25, -0.2) is 0 Å². The Labute approximate surface area is 570 Å². The zero-order valence-corrected chi connectivity index (χ0v) is 59.0. The van der Waals surface area contributed by atoms with E-state index >= 15 is 0 Å². The highest BCUT2D eigenvalue weighted by Gasteiger charge is 2.59. The van der Waals surface area contributed by atoms with Crippen LogP contribution in [-0.4, -0.2) is 121 Å². The maximum atomic E-state index is 13.0. The Morgan fingerprint density at radius 1 is 0.495 bits per heavy atom. The number of nitrogens with zero attached hydrogens (tertiary/aromatic N) is 10. The average molecular weight is 1350 g/mol. The van der Waals surface area contributed by atoms with Crippen LogP contribution in [0.1, 0.15) is 145 Å². The predicted octanol–water partition coefficient (Wildman–Crippen LogP) is 15.4. The summed E-state index contributed by atoms with van der Waals surface area (Å²) in [7, 11) is 0. The van der Waals surface area contributed by atoms with Crippen LogP contribution >= 0.6 is 35.1 Å². The number of fused-ring (bicyclic) bond motifs is 8. The Morgan fingerprint density at radius 2 is 0.842 bits per heavy atom. The Kier molecular flexibility index (Phi) is 21.8. The zero-order chi connectivity index (χ0) is 68.1. The van der Waals surface area contributed by atoms with Gasteiger partial charge in [-0.15, -0.1) is 68.5 Å². The molecule has 3 aromatic heterocycles. The molecule has 0 spiro atoms. The van der Waals surface area contributed by atoms with Crippen LogP contribution in [0.25, 0.3) is 50.2 Å². The fraction of sp³-hybridized carbons (Fsp3) is 0.452. The van der Waals surface area contributed by atoms with E-state index in [0.717, 1.165) is 94.0 Å². The van der Waals surface area contributed by atoms with E-state index in [-0.39, 0.29) is 69.0 Å². The first-order chi connectivity index (χ1) is 45.3. The summed E-state index contributed by atoms with van der Waals surface area (Å²) in [5.41, 5.74) is 13.0. The van der Waals surface area contributed by atoms with Gasteiger partial charge < -0.3 is 35.3 Å². The third-order valence-corrected chi connectivity index (χ3v) is 19.4. The van der Waals surface area contributed by atoms with Gasteiger partial charge in [-0.1, -0.05) is 126 Å². The van der Waals surface area contributed by atoms with Gasteiger partial charge >= 0.3 is 0 Å². The van der Waals surface area contributed by atoms with Crippen molar-refractivity contribution in [3.05, 3.63) is 125 Å². The number of halogens is 1. The van der Waals surface area contributed by atoms with E-state index in [2.05, 4.69) is 126 Å². The molecule has 19 nitrogen and oxygen atoms in total. The molecule has 4 heterocycles. The first kappa shape index (κ1) is 70.0. The highest BCUT2D eigenvalue weighted by molar-refractivity contribution is 7.99. The van der Waals surface area contributed by atoms with Gasteiger partial charge in [-0.05, 0) is 127 Å². The lowest BCUT2D eigenvalue weighted by Gasteiger charge is -2.23. The molecule has 2 aliphatic carbocycles. The lowest BCUT2D eigenvalue weighted by atomic mass is 9.85. The van der Waals surface area contributed by atoms with Crippen LogP contribution in [0, 0.1) is 23.7 Å². The molecule has 4 atom stereocenters. The number of likely N-dealkylation sites (tertiary alicyclic amines) is 1. The van der Waals surface area contributed by atoms with Crippen molar-refractivity contribution in [1.82, 2.24) is 49.9 Å². The number of ether oxygens (including phenoxy) is 3. The summed E-state index contributed by atoms with van der Waals surface area (Å²) in [6.45, 7) is 27.8. The zero-order valence-electron chi connectivity index (χ0n) is 56.7. The molecule has 95 heavy (non-hydrogen) atoms. The normalized spacial score (nSPS) is 16.8. The summed E-state index contributed by atoms with van der Waals surface area (Å²) in [4.78, 5) is 33.9. The number of nitrogens with two attached hydrogens (primary N) is 1. The van der Waals surface area contributed by atoms with Crippen LogP contribution in [0.2, 0.25) is 5.02 Å². The first-order valence-corrected chi connectivity index (χ1v) is 35.4. The van der Waals surface area contributed by atoms with Crippen molar-refractivity contribution in [1.29, 1.82) is 0 Å². The topological polar surface area (TPSA) is 244 Å². The molecule has 4 unspecified atom stereocenters. The molecule has 22 heteroatoms. The Hall–Kier alpha value is -7.85. The highest BCUT2D eigenvalue weighted by Crippen LogP contribution is 2.53. The fourth-order valence-corrected chi connectivity index (χ4v) is 13.7. The molecule has 1 saturated carbocycles. The summed E-state index contributed by atoms with van der Waals surface area (Å²) < 4.78 is 17.8. The standard InChI is InChI=1S/C31H36N4O4S.C22H30N4O2S.C20H24ClN3O2/c1-5-6-12-39-20-15-22(31(2,3)4)28(36)25(16-20)35-32-23-10-9-21(17-24(23)33-35)40-13-11-34-29(37)26-18-7-8-19(14-18)27(26)30(34)38;1-5-6-10-28-15-12-17(22(2,3)4)21(27)20(13-15)26-24-18-8-7-16(29-11-9-23)14-19(18)25-26;1-5-6-9-26-14-11-15(20(2,3)4)19(25)18(12-14)24-22-16-8-7-13(21)10-17(16)23-24/h7-10,15-19,26-27,36H,5-6,11-14H2,1-4H3;7-8,12-14,27H,5-6,9-11,23H2,1-4H3;7-8,10-12,25H,5-6,9H2,1-4H3. The number of thioether (sulfide) groups is 2. The minimum absolute atomic E-state index is 0.00110. The van der Waals surface area contributed by atoms with Gasteiger partial charge in [0.05, 0.1) is 31.7 Å². The smallest absolute Gasteiger partial charge is 0.233 e. The number of hydrogen-bond acceptors (Lipinski definition) is 17. The van der Waals surface area contributed by atoms with Gasteiger partial charge in [-0.2, -0.15) is 0 Å². The van der Waals surface area contributed by atoms with Crippen molar-refractivity contribution >= 4 is 80.0 Å². The summed E-state index contributed by atoms with van der Waals surface area (Å²) in [6.07, 6.45) is 11.3. The first-order valence-electron chi connectivity index (χ1n) is 33.1. The third-order valence-electron chi connectivity index (χ3n) is 17.1. The second-order valence-corrected chi connectivity index (χ2v) is 30.4. The number of hydrogen-bond donors (Lipinski definition) is 4. The van der Waals surface area contributed by atoms with Crippen LogP contribution in [0.5, 0.6) is 34.5 Å². The Balaban J connectivity index is 0.000000160. The van der Waals surface area contributed by atoms with Crippen LogP contribution in [-0.2, 0) is 25.8 Å². The summed E-state index contributed by atoms with van der Waals surface area (Å²) >= 11 is 9.32.